The summed E-state index contributed by atoms with van der Waals surface area (Å²) >= 11 is 0. The molecule has 0 spiro atoms. The molecule has 0 saturated heterocycles. The van der Waals surface area contributed by atoms with Crippen molar-refractivity contribution < 1.29 is 0 Å². The van der Waals surface area contributed by atoms with Gasteiger partial charge in [0.05, 0.1) is 12.0 Å². The molecule has 80 valence electrons. The normalized spacial score (nSPS) is 14.6. The van der Waals surface area contributed by atoms with Gasteiger partial charge in [-0.25, -0.2) is 0 Å². The van der Waals surface area contributed by atoms with Crippen molar-refractivity contribution in [2.45, 2.75) is 12.8 Å². The molecule has 0 heterocycles. The highest BCUT2D eigenvalue weighted by Gasteiger charge is 2.18. The summed E-state index contributed by atoms with van der Waals surface area (Å²) in [5.41, 5.74) is 1.12. The Morgan fingerprint density at radius 3 is 2.33 bits per heavy atom. The highest BCUT2D eigenvalue weighted by molar-refractivity contribution is 5.25. The lowest BCUT2D eigenvalue weighted by Gasteiger charge is -2.21. The molecule has 2 unspecified atom stereocenters. The molecule has 2 heteroatoms. The molecule has 1 aromatic rings. The number of nitrogens with zero attached hydrogens (tertiary/aromatic N) is 2. The molecule has 0 radical (unpaired) electrons. The van der Waals surface area contributed by atoms with Gasteiger partial charge in [-0.1, -0.05) is 37.3 Å². The van der Waals surface area contributed by atoms with E-state index in [4.69, 9.17) is 0 Å². The smallest absolute Gasteiger partial charge is 0.0750 e. The van der Waals surface area contributed by atoms with E-state index in [2.05, 4.69) is 17.9 Å². The van der Waals surface area contributed by atoms with E-state index >= 15 is 0 Å². The van der Waals surface area contributed by atoms with Gasteiger partial charge in [0.2, 0.25) is 0 Å². The first-order chi connectivity index (χ1) is 7.15. The summed E-state index contributed by atoms with van der Waals surface area (Å²) in [6.45, 7) is 3.06. The van der Waals surface area contributed by atoms with Crippen LogP contribution in [0.5, 0.6) is 0 Å². The van der Waals surface area contributed by atoms with Crippen molar-refractivity contribution in [3.63, 3.8) is 0 Å². The van der Waals surface area contributed by atoms with Crippen LogP contribution in [0.25, 0.3) is 0 Å². The van der Waals surface area contributed by atoms with E-state index in [-0.39, 0.29) is 5.92 Å². The van der Waals surface area contributed by atoms with Gasteiger partial charge in [0.15, 0.2) is 0 Å². The first-order valence-corrected chi connectivity index (χ1v) is 5.24. The van der Waals surface area contributed by atoms with Crippen LogP contribution in [-0.4, -0.2) is 25.5 Å². The van der Waals surface area contributed by atoms with Gasteiger partial charge in [0, 0.05) is 6.54 Å². The summed E-state index contributed by atoms with van der Waals surface area (Å²) in [5.74, 6) is 0.348. The van der Waals surface area contributed by atoms with E-state index in [0.717, 1.165) is 12.1 Å². The summed E-state index contributed by atoms with van der Waals surface area (Å²) in [6.07, 6.45) is 0. The van der Waals surface area contributed by atoms with E-state index < -0.39 is 0 Å². The van der Waals surface area contributed by atoms with Crippen LogP contribution in [0.3, 0.4) is 0 Å². The van der Waals surface area contributed by atoms with Gasteiger partial charge in [-0.3, -0.25) is 0 Å². The lowest BCUT2D eigenvalue weighted by molar-refractivity contribution is 0.326. The number of benzene rings is 1. The minimum atomic E-state index is -0.00593. The highest BCUT2D eigenvalue weighted by Crippen LogP contribution is 2.23. The Labute approximate surface area is 92.1 Å². The minimum absolute atomic E-state index is 0.00593. The van der Waals surface area contributed by atoms with Crippen LogP contribution in [-0.2, 0) is 0 Å². The summed E-state index contributed by atoms with van der Waals surface area (Å²) in [7, 11) is 4.08. The second-order valence-electron chi connectivity index (χ2n) is 4.26. The van der Waals surface area contributed by atoms with Gasteiger partial charge in [0.1, 0.15) is 0 Å². The third kappa shape index (κ3) is 3.38. The molecular weight excluding hydrogens is 184 g/mol. The lowest BCUT2D eigenvalue weighted by Crippen LogP contribution is -2.23. The number of hydrogen-bond acceptors (Lipinski definition) is 2. The fourth-order valence-electron chi connectivity index (χ4n) is 1.87. The molecule has 0 aliphatic rings. The van der Waals surface area contributed by atoms with Crippen molar-refractivity contribution in [2.24, 2.45) is 5.92 Å². The van der Waals surface area contributed by atoms with E-state index in [1.54, 1.807) is 0 Å². The van der Waals surface area contributed by atoms with Crippen LogP contribution < -0.4 is 0 Å². The van der Waals surface area contributed by atoms with Crippen LogP contribution in [0, 0.1) is 17.2 Å². The Morgan fingerprint density at radius 2 is 1.87 bits per heavy atom. The van der Waals surface area contributed by atoms with Crippen molar-refractivity contribution in [2.75, 3.05) is 20.6 Å². The molecule has 2 nitrogen and oxygen atoms in total. The maximum absolute atomic E-state index is 9.19. The van der Waals surface area contributed by atoms with Gasteiger partial charge in [0.25, 0.3) is 0 Å². The molecule has 0 amide bonds. The predicted octanol–water partition coefficient (Wildman–Crippen LogP) is 2.49. The summed E-state index contributed by atoms with van der Waals surface area (Å²) in [5, 5.41) is 9.19. The molecule has 0 aliphatic carbocycles. The number of nitriles is 1. The quantitative estimate of drug-likeness (QED) is 0.750. The predicted molar refractivity (Wildman–Crippen MR) is 62.5 cm³/mol. The van der Waals surface area contributed by atoms with Crippen molar-refractivity contribution in [1.29, 1.82) is 5.26 Å². The van der Waals surface area contributed by atoms with Gasteiger partial charge in [-0.15, -0.1) is 0 Å². The third-order valence-corrected chi connectivity index (χ3v) is 2.52. The Kier molecular flexibility index (Phi) is 4.33. The second kappa shape index (κ2) is 5.53. The van der Waals surface area contributed by atoms with Gasteiger partial charge in [-0.2, -0.15) is 5.26 Å². The molecule has 0 bridgehead atoms. The maximum atomic E-state index is 9.19. The molecule has 1 aromatic carbocycles. The fourth-order valence-corrected chi connectivity index (χ4v) is 1.87. The molecular formula is C13H18N2. The molecule has 0 saturated carbocycles. The summed E-state index contributed by atoms with van der Waals surface area (Å²) < 4.78 is 0. The molecule has 15 heavy (non-hydrogen) atoms. The molecule has 0 aliphatic heterocycles. The zero-order chi connectivity index (χ0) is 11.3. The van der Waals surface area contributed by atoms with Crippen molar-refractivity contribution in [3.8, 4) is 6.07 Å². The maximum Gasteiger partial charge on any atom is 0.0750 e. The van der Waals surface area contributed by atoms with E-state index in [1.165, 1.54) is 0 Å². The van der Waals surface area contributed by atoms with Crippen LogP contribution in [0.1, 0.15) is 18.4 Å². The summed E-state index contributed by atoms with van der Waals surface area (Å²) in [6, 6.07) is 12.4. The molecule has 0 fully saturated rings. The van der Waals surface area contributed by atoms with Crippen molar-refractivity contribution in [3.05, 3.63) is 35.9 Å². The standard InChI is InChI=1S/C13H18N2/c1-11(10-15(2)3)13(9-14)12-7-5-4-6-8-12/h4-8,11,13H,10H2,1-3H3. The average Bonchev–Trinajstić information content (AvgIpc) is 2.19. The Balaban J connectivity index is 2.77. The van der Waals surface area contributed by atoms with Gasteiger partial charge in [-0.05, 0) is 25.6 Å². The number of hydrogen-bond donors (Lipinski definition) is 0. The average molecular weight is 202 g/mol. The fraction of sp³-hybridized carbons (Fsp3) is 0.462. The Bertz CT molecular complexity index is 324. The first-order valence-electron chi connectivity index (χ1n) is 5.24. The minimum Gasteiger partial charge on any atom is -0.309 e. The van der Waals surface area contributed by atoms with Gasteiger partial charge < -0.3 is 4.90 Å². The number of rotatable bonds is 4. The Morgan fingerprint density at radius 1 is 1.27 bits per heavy atom. The van der Waals surface area contributed by atoms with Gasteiger partial charge >= 0.3 is 0 Å². The van der Waals surface area contributed by atoms with Crippen molar-refractivity contribution in [1.82, 2.24) is 4.90 Å². The molecule has 1 rings (SSSR count). The second-order valence-corrected chi connectivity index (χ2v) is 4.26. The molecule has 0 N–H and O–H groups in total. The van der Waals surface area contributed by atoms with Crippen LogP contribution in [0.15, 0.2) is 30.3 Å². The Hall–Kier alpha value is -1.33. The van der Waals surface area contributed by atoms with Crippen LogP contribution in [0.4, 0.5) is 0 Å². The largest absolute Gasteiger partial charge is 0.309 e. The van der Waals surface area contributed by atoms with E-state index in [0.29, 0.717) is 5.92 Å². The van der Waals surface area contributed by atoms with E-state index in [9.17, 15) is 5.26 Å². The topological polar surface area (TPSA) is 27.0 Å². The van der Waals surface area contributed by atoms with E-state index in [1.807, 2.05) is 44.4 Å². The molecule has 0 aromatic heterocycles. The third-order valence-electron chi connectivity index (χ3n) is 2.52. The summed E-state index contributed by atoms with van der Waals surface area (Å²) in [4.78, 5) is 2.12. The van der Waals surface area contributed by atoms with Crippen LogP contribution in [0.2, 0.25) is 0 Å². The zero-order valence-electron chi connectivity index (χ0n) is 9.64. The zero-order valence-corrected chi connectivity index (χ0v) is 9.64. The lowest BCUT2D eigenvalue weighted by atomic mass is 9.88. The SMILES string of the molecule is CC(CN(C)C)C(C#N)c1ccccc1. The monoisotopic (exact) mass is 202 g/mol. The van der Waals surface area contributed by atoms with Crippen LogP contribution >= 0.6 is 0 Å². The first kappa shape index (κ1) is 11.7. The molecule has 2 atom stereocenters. The van der Waals surface area contributed by atoms with Crippen molar-refractivity contribution >= 4 is 0 Å². The highest BCUT2D eigenvalue weighted by atomic mass is 15.1.